The second-order valence-electron chi connectivity index (χ2n) is 4.36. The van der Waals surface area contributed by atoms with Crippen molar-refractivity contribution >= 4 is 31.4 Å². The van der Waals surface area contributed by atoms with Crippen LogP contribution in [0.3, 0.4) is 0 Å². The highest BCUT2D eigenvalue weighted by molar-refractivity contribution is 9.10. The fourth-order valence-electron chi connectivity index (χ4n) is 1.98. The molecule has 0 spiro atoms. The molecular weight excluding hydrogens is 356 g/mol. The van der Waals surface area contributed by atoms with Gasteiger partial charge in [0.05, 0.1) is 16.8 Å². The lowest BCUT2D eigenvalue weighted by molar-refractivity contribution is 0.597. The van der Waals surface area contributed by atoms with Gasteiger partial charge in [-0.05, 0) is 28.1 Å². The lowest BCUT2D eigenvalue weighted by atomic mass is 10.3. The van der Waals surface area contributed by atoms with Crippen molar-refractivity contribution in [2.24, 2.45) is 0 Å². The molecule has 0 amide bonds. The minimum Gasteiger partial charge on any atom is -0.302 e. The van der Waals surface area contributed by atoms with Gasteiger partial charge in [0, 0.05) is 18.6 Å². The van der Waals surface area contributed by atoms with Crippen LogP contribution in [-0.2, 0) is 9.84 Å². The Morgan fingerprint density at radius 2 is 2.10 bits per heavy atom. The summed E-state index contributed by atoms with van der Waals surface area (Å²) in [4.78, 5) is 12.9. The first-order valence-electron chi connectivity index (χ1n) is 6.19. The van der Waals surface area contributed by atoms with Crippen LogP contribution >= 0.6 is 15.9 Å². The van der Waals surface area contributed by atoms with Gasteiger partial charge in [-0.2, -0.15) is 0 Å². The van der Waals surface area contributed by atoms with Crippen molar-refractivity contribution in [1.29, 1.82) is 0 Å². The van der Waals surface area contributed by atoms with E-state index in [4.69, 9.17) is 0 Å². The van der Waals surface area contributed by atoms with E-state index in [1.165, 1.54) is 0 Å². The molecule has 21 heavy (non-hydrogen) atoms. The van der Waals surface area contributed by atoms with Crippen LogP contribution in [0.15, 0.2) is 46.4 Å². The Kier molecular flexibility index (Phi) is 3.50. The molecule has 3 aromatic heterocycles. The standard InChI is InChI=1S/C13H11BrN4O2S/c1-2-21(19,20)10-4-3-5-15-13(10)9-7-18-8-11(14)16-6-12(18)17-9/h3-8H,2H2,1H3. The van der Waals surface area contributed by atoms with Crippen LogP contribution in [0.25, 0.3) is 17.0 Å². The van der Waals surface area contributed by atoms with Gasteiger partial charge < -0.3 is 4.40 Å². The minimum atomic E-state index is -3.36. The summed E-state index contributed by atoms with van der Waals surface area (Å²) in [7, 11) is -3.36. The van der Waals surface area contributed by atoms with E-state index < -0.39 is 9.84 Å². The molecule has 0 saturated heterocycles. The number of sulfone groups is 1. The molecule has 0 aliphatic rings. The average Bonchev–Trinajstić information content (AvgIpc) is 2.90. The number of aromatic nitrogens is 4. The second-order valence-corrected chi connectivity index (χ2v) is 7.41. The van der Waals surface area contributed by atoms with Gasteiger partial charge in [0.2, 0.25) is 0 Å². The van der Waals surface area contributed by atoms with Crippen molar-refractivity contribution in [2.75, 3.05) is 5.75 Å². The number of pyridine rings is 1. The first kappa shape index (κ1) is 14.2. The maximum atomic E-state index is 12.2. The van der Waals surface area contributed by atoms with Crippen molar-refractivity contribution < 1.29 is 8.42 Å². The summed E-state index contributed by atoms with van der Waals surface area (Å²) in [6.07, 6.45) is 6.65. The number of fused-ring (bicyclic) bond motifs is 1. The fourth-order valence-corrected chi connectivity index (χ4v) is 3.35. The van der Waals surface area contributed by atoms with Crippen molar-refractivity contribution in [3.8, 4) is 11.4 Å². The van der Waals surface area contributed by atoms with Gasteiger partial charge >= 0.3 is 0 Å². The molecule has 0 bridgehead atoms. The van der Waals surface area contributed by atoms with E-state index in [0.29, 0.717) is 21.6 Å². The molecule has 0 fully saturated rings. The Bertz CT molecular complexity index is 921. The Morgan fingerprint density at radius 1 is 1.29 bits per heavy atom. The molecule has 0 aromatic carbocycles. The van der Waals surface area contributed by atoms with Gasteiger partial charge in [0.25, 0.3) is 0 Å². The summed E-state index contributed by atoms with van der Waals surface area (Å²) in [5, 5.41) is 0. The van der Waals surface area contributed by atoms with Crippen molar-refractivity contribution in [2.45, 2.75) is 11.8 Å². The second kappa shape index (κ2) is 5.19. The van der Waals surface area contributed by atoms with Crippen LogP contribution in [0.4, 0.5) is 0 Å². The van der Waals surface area contributed by atoms with E-state index in [2.05, 4.69) is 30.9 Å². The van der Waals surface area contributed by atoms with Crippen LogP contribution in [0.2, 0.25) is 0 Å². The summed E-state index contributed by atoms with van der Waals surface area (Å²) in [5.74, 6) is 0.0200. The van der Waals surface area contributed by atoms with Gasteiger partial charge in [0.1, 0.15) is 16.0 Å². The molecule has 3 aromatic rings. The van der Waals surface area contributed by atoms with Gasteiger partial charge in [-0.1, -0.05) is 6.92 Å². The molecule has 6 nitrogen and oxygen atoms in total. The summed E-state index contributed by atoms with van der Waals surface area (Å²) in [6.45, 7) is 1.61. The molecule has 0 radical (unpaired) electrons. The summed E-state index contributed by atoms with van der Waals surface area (Å²) in [5.41, 5.74) is 1.49. The van der Waals surface area contributed by atoms with E-state index in [1.807, 2.05) is 0 Å². The highest BCUT2D eigenvalue weighted by Gasteiger charge is 2.20. The van der Waals surface area contributed by atoms with Crippen LogP contribution in [0, 0.1) is 0 Å². The molecule has 0 atom stereocenters. The lowest BCUT2D eigenvalue weighted by Gasteiger charge is -2.05. The molecule has 0 unspecified atom stereocenters. The van der Waals surface area contributed by atoms with E-state index in [1.54, 1.807) is 48.2 Å². The van der Waals surface area contributed by atoms with Crippen molar-refractivity contribution in [3.63, 3.8) is 0 Å². The Balaban J connectivity index is 2.24. The Hall–Kier alpha value is -1.80. The van der Waals surface area contributed by atoms with E-state index in [0.717, 1.165) is 0 Å². The van der Waals surface area contributed by atoms with E-state index >= 15 is 0 Å². The molecule has 3 rings (SSSR count). The van der Waals surface area contributed by atoms with Crippen LogP contribution < -0.4 is 0 Å². The zero-order valence-corrected chi connectivity index (χ0v) is 13.5. The molecule has 0 aliphatic carbocycles. The number of imidazole rings is 1. The zero-order valence-electron chi connectivity index (χ0n) is 11.1. The third-order valence-electron chi connectivity index (χ3n) is 3.04. The largest absolute Gasteiger partial charge is 0.302 e. The first-order valence-corrected chi connectivity index (χ1v) is 8.64. The van der Waals surface area contributed by atoms with Gasteiger partial charge in [-0.3, -0.25) is 4.98 Å². The molecule has 8 heteroatoms. The van der Waals surface area contributed by atoms with E-state index in [9.17, 15) is 8.42 Å². The molecular formula is C13H11BrN4O2S. The third kappa shape index (κ3) is 2.56. The van der Waals surface area contributed by atoms with Gasteiger partial charge in [-0.25, -0.2) is 18.4 Å². The minimum absolute atomic E-state index is 0.0200. The highest BCUT2D eigenvalue weighted by Crippen LogP contribution is 2.25. The monoisotopic (exact) mass is 366 g/mol. The highest BCUT2D eigenvalue weighted by atomic mass is 79.9. The van der Waals surface area contributed by atoms with Crippen LogP contribution in [0.1, 0.15) is 6.92 Å². The quantitative estimate of drug-likeness (QED) is 0.710. The number of hydrogen-bond donors (Lipinski definition) is 0. The normalized spacial score (nSPS) is 11.9. The third-order valence-corrected chi connectivity index (χ3v) is 5.21. The van der Waals surface area contributed by atoms with Crippen LogP contribution in [0.5, 0.6) is 0 Å². The fraction of sp³-hybridized carbons (Fsp3) is 0.154. The SMILES string of the molecule is CCS(=O)(=O)c1cccnc1-c1cn2cc(Br)ncc2n1. The molecule has 0 aliphatic heterocycles. The Morgan fingerprint density at radius 3 is 2.86 bits per heavy atom. The van der Waals surface area contributed by atoms with E-state index in [-0.39, 0.29) is 10.6 Å². The zero-order chi connectivity index (χ0) is 15.0. The number of nitrogens with zero attached hydrogens (tertiary/aromatic N) is 4. The number of halogens is 1. The summed E-state index contributed by atoms with van der Waals surface area (Å²) >= 11 is 3.28. The topological polar surface area (TPSA) is 77.2 Å². The maximum Gasteiger partial charge on any atom is 0.180 e. The molecule has 0 saturated carbocycles. The van der Waals surface area contributed by atoms with Gasteiger partial charge in [-0.15, -0.1) is 0 Å². The summed E-state index contributed by atoms with van der Waals surface area (Å²) in [6, 6.07) is 3.17. The molecule has 108 valence electrons. The van der Waals surface area contributed by atoms with Crippen molar-refractivity contribution in [3.05, 3.63) is 41.5 Å². The van der Waals surface area contributed by atoms with Crippen LogP contribution in [-0.4, -0.2) is 33.5 Å². The first-order chi connectivity index (χ1) is 10.0. The predicted molar refractivity (Wildman–Crippen MR) is 81.6 cm³/mol. The predicted octanol–water partition coefficient (Wildman–Crippen LogP) is 2.35. The number of hydrogen-bond acceptors (Lipinski definition) is 5. The Labute approximate surface area is 129 Å². The van der Waals surface area contributed by atoms with Gasteiger partial charge in [0.15, 0.2) is 15.5 Å². The smallest absolute Gasteiger partial charge is 0.180 e. The summed E-state index contributed by atoms with van der Waals surface area (Å²) < 4.78 is 26.8. The molecule has 0 N–H and O–H groups in total. The lowest BCUT2D eigenvalue weighted by Crippen LogP contribution is -2.06. The number of rotatable bonds is 3. The average molecular weight is 367 g/mol. The maximum absolute atomic E-state index is 12.2. The van der Waals surface area contributed by atoms with Crippen molar-refractivity contribution in [1.82, 2.24) is 19.4 Å². The molecule has 3 heterocycles.